The van der Waals surface area contributed by atoms with E-state index in [1.165, 1.54) is 5.38 Å². The number of aromatic nitrogens is 1. The van der Waals surface area contributed by atoms with Crippen molar-refractivity contribution in [2.45, 2.75) is 57.8 Å². The summed E-state index contributed by atoms with van der Waals surface area (Å²) in [7, 11) is 0. The molecule has 0 unspecified atom stereocenters. The first-order chi connectivity index (χ1) is 15.6. The molecule has 0 bridgehead atoms. The first kappa shape index (κ1) is 24.2. The summed E-state index contributed by atoms with van der Waals surface area (Å²) in [4.78, 5) is 45.8. The number of nitrogens with zero attached hydrogens (tertiary/aromatic N) is 2. The molecule has 2 aromatic rings. The van der Waals surface area contributed by atoms with Crippen molar-refractivity contribution in [3.05, 3.63) is 47.0 Å². The average Bonchev–Trinajstić information content (AvgIpc) is 3.15. The minimum atomic E-state index is -1.39. The van der Waals surface area contributed by atoms with Crippen LogP contribution in [0.1, 0.15) is 51.3 Å². The van der Waals surface area contributed by atoms with Gasteiger partial charge in [0.25, 0.3) is 0 Å². The molecular formula is C22H25N3O7S. The van der Waals surface area contributed by atoms with Gasteiger partial charge in [-0.3, -0.25) is 5.32 Å². The molecule has 0 spiro atoms. The van der Waals surface area contributed by atoms with Crippen molar-refractivity contribution in [3.63, 3.8) is 0 Å². The fraction of sp³-hybridized carbons (Fsp3) is 0.409. The van der Waals surface area contributed by atoms with Crippen molar-refractivity contribution < 1.29 is 33.8 Å². The molecule has 0 saturated heterocycles. The van der Waals surface area contributed by atoms with Gasteiger partial charge in [-0.05, 0) is 32.8 Å². The van der Waals surface area contributed by atoms with Crippen LogP contribution in [-0.2, 0) is 30.5 Å². The summed E-state index contributed by atoms with van der Waals surface area (Å²) < 4.78 is 10.5. The number of hydrogen-bond acceptors (Lipinski definition) is 9. The van der Waals surface area contributed by atoms with Crippen molar-refractivity contribution >= 4 is 40.2 Å². The largest absolute Gasteiger partial charge is 0.476 e. The summed E-state index contributed by atoms with van der Waals surface area (Å²) in [6.45, 7) is 5.22. The third-order valence-electron chi connectivity index (χ3n) is 4.61. The zero-order chi connectivity index (χ0) is 24.1. The van der Waals surface area contributed by atoms with E-state index in [1.807, 2.05) is 30.3 Å². The van der Waals surface area contributed by atoms with Gasteiger partial charge in [-0.2, -0.15) is 0 Å². The number of rotatable bonds is 8. The summed E-state index contributed by atoms with van der Waals surface area (Å²) in [5, 5.41) is 17.3. The molecule has 0 atom stereocenters. The fourth-order valence-corrected chi connectivity index (χ4v) is 3.53. The van der Waals surface area contributed by atoms with E-state index in [1.54, 1.807) is 20.8 Å². The molecule has 3 rings (SSSR count). The van der Waals surface area contributed by atoms with Crippen LogP contribution in [0.4, 0.5) is 9.93 Å². The van der Waals surface area contributed by atoms with Gasteiger partial charge in [0.05, 0.1) is 0 Å². The second-order valence-corrected chi connectivity index (χ2v) is 9.27. The minimum Gasteiger partial charge on any atom is -0.476 e. The van der Waals surface area contributed by atoms with Crippen molar-refractivity contribution in [1.82, 2.24) is 4.98 Å². The van der Waals surface area contributed by atoms with Gasteiger partial charge < -0.3 is 19.4 Å². The Morgan fingerprint density at radius 1 is 1.21 bits per heavy atom. The molecule has 1 fully saturated rings. The Kier molecular flexibility index (Phi) is 7.32. The molecule has 10 nitrogen and oxygen atoms in total. The van der Waals surface area contributed by atoms with Crippen LogP contribution < -0.4 is 5.32 Å². The van der Waals surface area contributed by atoms with Crippen LogP contribution in [-0.4, -0.2) is 45.0 Å². The lowest BCUT2D eigenvalue weighted by Crippen LogP contribution is -2.48. The molecule has 1 heterocycles. The minimum absolute atomic E-state index is 0.0225. The molecule has 176 valence electrons. The highest BCUT2D eigenvalue weighted by Crippen LogP contribution is 2.37. The zero-order valence-electron chi connectivity index (χ0n) is 18.5. The smallest absolute Gasteiger partial charge is 0.413 e. The highest BCUT2D eigenvalue weighted by atomic mass is 32.1. The highest BCUT2D eigenvalue weighted by molar-refractivity contribution is 7.14. The van der Waals surface area contributed by atoms with Crippen LogP contribution in [0.5, 0.6) is 0 Å². The second kappa shape index (κ2) is 9.99. The lowest BCUT2D eigenvalue weighted by Gasteiger charge is -2.36. The number of carbonyl (C=O) groups is 3. The van der Waals surface area contributed by atoms with E-state index in [4.69, 9.17) is 14.3 Å². The molecular weight excluding hydrogens is 450 g/mol. The van der Waals surface area contributed by atoms with Gasteiger partial charge in [-0.15, -0.1) is 11.3 Å². The zero-order valence-corrected chi connectivity index (χ0v) is 19.3. The summed E-state index contributed by atoms with van der Waals surface area (Å²) >= 11 is 1.00. The Morgan fingerprint density at radius 2 is 1.91 bits per heavy atom. The fourth-order valence-electron chi connectivity index (χ4n) is 2.84. The van der Waals surface area contributed by atoms with Gasteiger partial charge in [-0.1, -0.05) is 35.5 Å². The number of carboxylic acids is 1. The highest BCUT2D eigenvalue weighted by Gasteiger charge is 2.49. The quantitative estimate of drug-likeness (QED) is 0.333. The van der Waals surface area contributed by atoms with Gasteiger partial charge in [0, 0.05) is 18.2 Å². The molecule has 33 heavy (non-hydrogen) atoms. The predicted molar refractivity (Wildman–Crippen MR) is 120 cm³/mol. The Hall–Kier alpha value is -3.47. The Morgan fingerprint density at radius 3 is 2.48 bits per heavy atom. The molecule has 11 heteroatoms. The molecule has 0 aliphatic heterocycles. The van der Waals surface area contributed by atoms with E-state index in [-0.39, 0.29) is 17.4 Å². The number of hydrogen-bond donors (Lipinski definition) is 2. The van der Waals surface area contributed by atoms with E-state index >= 15 is 0 Å². The maximum Gasteiger partial charge on any atom is 0.413 e. The first-order valence-electron chi connectivity index (χ1n) is 10.2. The number of carboxylic acid groups (broad SMARTS) is 1. The summed E-state index contributed by atoms with van der Waals surface area (Å²) in [5.41, 5.74) is -1.72. The van der Waals surface area contributed by atoms with Crippen molar-refractivity contribution in [3.8, 4) is 0 Å². The van der Waals surface area contributed by atoms with Crippen molar-refractivity contribution in [2.75, 3.05) is 5.32 Å². The predicted octanol–water partition coefficient (Wildman–Crippen LogP) is 3.96. The average molecular weight is 476 g/mol. The number of aliphatic carboxylic acids is 1. The van der Waals surface area contributed by atoms with Crippen molar-refractivity contribution in [1.29, 1.82) is 0 Å². The maximum absolute atomic E-state index is 12.6. The maximum atomic E-state index is 12.6. The SMILES string of the molecule is CC(C)(C)OC(=O)Nc1nc(C(=NOC2(C(=O)OCc3ccccc3)CCC2)C(=O)O)cs1. The van der Waals surface area contributed by atoms with Crippen LogP contribution in [0.15, 0.2) is 40.9 Å². The number of amides is 1. The molecule has 1 aromatic heterocycles. The van der Waals surface area contributed by atoms with E-state index < -0.39 is 34.9 Å². The number of benzene rings is 1. The summed E-state index contributed by atoms with van der Waals surface area (Å²) in [6, 6.07) is 9.18. The Bertz CT molecular complexity index is 1040. The van der Waals surface area contributed by atoms with E-state index in [0.29, 0.717) is 12.8 Å². The lowest BCUT2D eigenvalue weighted by molar-refractivity contribution is -0.187. The number of esters is 1. The van der Waals surface area contributed by atoms with Gasteiger partial charge >= 0.3 is 18.0 Å². The summed E-state index contributed by atoms with van der Waals surface area (Å²) in [5.74, 6) is -1.99. The molecule has 1 aromatic carbocycles. The van der Waals surface area contributed by atoms with E-state index in [2.05, 4.69) is 15.5 Å². The van der Waals surface area contributed by atoms with Gasteiger partial charge in [-0.25, -0.2) is 19.4 Å². The van der Waals surface area contributed by atoms with Gasteiger partial charge in [0.15, 0.2) is 5.13 Å². The molecule has 1 aliphatic carbocycles. The van der Waals surface area contributed by atoms with E-state index in [0.717, 1.165) is 23.3 Å². The molecule has 1 amide bonds. The monoisotopic (exact) mass is 475 g/mol. The van der Waals surface area contributed by atoms with Gasteiger partial charge in [0.2, 0.25) is 11.3 Å². The molecule has 2 N–H and O–H groups in total. The lowest BCUT2D eigenvalue weighted by atomic mass is 9.80. The molecule has 1 aliphatic rings. The molecule has 1 saturated carbocycles. The first-order valence-corrected chi connectivity index (χ1v) is 11.1. The van der Waals surface area contributed by atoms with Gasteiger partial charge in [0.1, 0.15) is 17.9 Å². The van der Waals surface area contributed by atoms with E-state index in [9.17, 15) is 19.5 Å². The standard InChI is InChI=1S/C22H25N3O7S/c1-21(2,3)31-20(29)24-19-23-15(13-33-19)16(17(26)27)25-32-22(10-7-11-22)18(28)30-12-14-8-5-4-6-9-14/h4-6,8-9,13H,7,10-12H2,1-3H3,(H,26,27)(H,23,24,29). The van der Waals surface area contributed by atoms with Crippen LogP contribution in [0.3, 0.4) is 0 Å². The Labute approximate surface area is 194 Å². The topological polar surface area (TPSA) is 136 Å². The van der Waals surface area contributed by atoms with Crippen LogP contribution in [0.2, 0.25) is 0 Å². The molecule has 0 radical (unpaired) electrons. The normalized spacial score (nSPS) is 15.2. The van der Waals surface area contributed by atoms with Crippen LogP contribution in [0, 0.1) is 0 Å². The number of anilines is 1. The van der Waals surface area contributed by atoms with Crippen LogP contribution in [0.25, 0.3) is 0 Å². The van der Waals surface area contributed by atoms with Crippen LogP contribution >= 0.6 is 11.3 Å². The Balaban J connectivity index is 1.68. The summed E-state index contributed by atoms with van der Waals surface area (Å²) in [6.07, 6.45) is 0.723. The third-order valence-corrected chi connectivity index (χ3v) is 5.37. The second-order valence-electron chi connectivity index (χ2n) is 8.41. The third kappa shape index (κ3) is 6.51. The number of thiazole rings is 1. The van der Waals surface area contributed by atoms with Crippen molar-refractivity contribution in [2.24, 2.45) is 5.16 Å². The number of ether oxygens (including phenoxy) is 2. The number of carbonyl (C=O) groups excluding carboxylic acids is 2. The number of oxime groups is 1. The number of nitrogens with one attached hydrogen (secondary N) is 1.